The van der Waals surface area contributed by atoms with Gasteiger partial charge in [-0.15, -0.1) is 0 Å². The third kappa shape index (κ3) is 2.56. The van der Waals surface area contributed by atoms with Gasteiger partial charge in [-0.2, -0.15) is 18.4 Å². The lowest BCUT2D eigenvalue weighted by Crippen LogP contribution is -2.49. The highest BCUT2D eigenvalue weighted by atomic mass is 19.4. The number of halogens is 3. The summed E-state index contributed by atoms with van der Waals surface area (Å²) < 4.78 is 44.2. The molecule has 112 valence electrons. The molecule has 2 aliphatic rings. The van der Waals surface area contributed by atoms with Crippen LogP contribution in [0.15, 0.2) is 12.1 Å². The molecule has 0 bridgehead atoms. The number of ether oxygens (including phenoxy) is 1. The predicted molar refractivity (Wildman–Crippen MR) is 68.7 cm³/mol. The number of hydrogen-bond acceptors (Lipinski definition) is 4. The molecular formula is C14H14F3N3O. The van der Waals surface area contributed by atoms with Crippen LogP contribution >= 0.6 is 0 Å². The number of nitrogens with zero attached hydrogens (tertiary/aromatic N) is 3. The first-order chi connectivity index (χ1) is 10.0. The average molecular weight is 297 g/mol. The molecule has 0 amide bonds. The van der Waals surface area contributed by atoms with Crippen LogP contribution in [0.2, 0.25) is 0 Å². The fourth-order valence-electron chi connectivity index (χ4n) is 3.10. The van der Waals surface area contributed by atoms with Gasteiger partial charge in [-0.25, -0.2) is 4.98 Å². The third-order valence-corrected chi connectivity index (χ3v) is 4.04. The summed E-state index contributed by atoms with van der Waals surface area (Å²) in [6.45, 7) is 0.911. The summed E-state index contributed by atoms with van der Waals surface area (Å²) in [7, 11) is 0. The Hall–Kier alpha value is -1.81. The van der Waals surface area contributed by atoms with Gasteiger partial charge in [0.25, 0.3) is 0 Å². The van der Waals surface area contributed by atoms with Crippen molar-refractivity contribution in [3.05, 3.63) is 23.4 Å². The summed E-state index contributed by atoms with van der Waals surface area (Å²) in [5.41, 5.74) is -0.784. The van der Waals surface area contributed by atoms with Crippen LogP contribution < -0.4 is 4.90 Å². The van der Waals surface area contributed by atoms with E-state index in [1.807, 2.05) is 11.0 Å². The van der Waals surface area contributed by atoms with E-state index in [0.29, 0.717) is 13.2 Å². The molecule has 1 saturated heterocycles. The molecule has 2 heterocycles. The van der Waals surface area contributed by atoms with E-state index >= 15 is 0 Å². The van der Waals surface area contributed by atoms with Crippen LogP contribution in [0.25, 0.3) is 0 Å². The van der Waals surface area contributed by atoms with Crippen LogP contribution in [-0.2, 0) is 10.9 Å². The SMILES string of the molecule is N#Cc1ccc(C(F)(F)F)nc1N1CCOC2CCCC21. The van der Waals surface area contributed by atoms with Crippen molar-refractivity contribution in [2.45, 2.75) is 37.6 Å². The molecule has 4 nitrogen and oxygen atoms in total. The molecule has 0 radical (unpaired) electrons. The number of morpholine rings is 1. The maximum atomic E-state index is 12.9. The van der Waals surface area contributed by atoms with Crippen molar-refractivity contribution in [2.75, 3.05) is 18.1 Å². The Morgan fingerprint density at radius 1 is 1.33 bits per heavy atom. The molecule has 2 unspecified atom stereocenters. The smallest absolute Gasteiger partial charge is 0.374 e. The fraction of sp³-hybridized carbons (Fsp3) is 0.571. The van der Waals surface area contributed by atoms with Crippen molar-refractivity contribution in [1.82, 2.24) is 4.98 Å². The molecule has 0 aromatic carbocycles. The summed E-state index contributed by atoms with van der Waals surface area (Å²) in [5.74, 6) is 0.132. The second-order valence-corrected chi connectivity index (χ2v) is 5.28. The van der Waals surface area contributed by atoms with Crippen molar-refractivity contribution >= 4 is 5.82 Å². The van der Waals surface area contributed by atoms with E-state index in [0.717, 1.165) is 25.3 Å². The molecule has 1 aliphatic carbocycles. The number of nitriles is 1. The predicted octanol–water partition coefficient (Wildman–Crippen LogP) is 2.73. The van der Waals surface area contributed by atoms with Gasteiger partial charge in [0, 0.05) is 6.54 Å². The highest BCUT2D eigenvalue weighted by molar-refractivity contribution is 5.56. The van der Waals surface area contributed by atoms with E-state index in [1.54, 1.807) is 0 Å². The van der Waals surface area contributed by atoms with Gasteiger partial charge < -0.3 is 9.64 Å². The lowest BCUT2D eigenvalue weighted by atomic mass is 10.1. The largest absolute Gasteiger partial charge is 0.433 e. The molecule has 2 fully saturated rings. The van der Waals surface area contributed by atoms with Gasteiger partial charge >= 0.3 is 6.18 Å². The number of alkyl halides is 3. The van der Waals surface area contributed by atoms with Crippen LogP contribution in [0.4, 0.5) is 19.0 Å². The van der Waals surface area contributed by atoms with Gasteiger partial charge in [-0.3, -0.25) is 0 Å². The minimum Gasteiger partial charge on any atom is -0.374 e. The zero-order valence-electron chi connectivity index (χ0n) is 11.2. The molecule has 21 heavy (non-hydrogen) atoms. The number of fused-ring (bicyclic) bond motifs is 1. The first-order valence-electron chi connectivity index (χ1n) is 6.87. The Morgan fingerprint density at radius 3 is 2.86 bits per heavy atom. The van der Waals surface area contributed by atoms with Gasteiger partial charge in [0.2, 0.25) is 0 Å². The van der Waals surface area contributed by atoms with E-state index < -0.39 is 11.9 Å². The van der Waals surface area contributed by atoms with Crippen LogP contribution in [0.3, 0.4) is 0 Å². The van der Waals surface area contributed by atoms with Gasteiger partial charge in [0.1, 0.15) is 17.6 Å². The van der Waals surface area contributed by atoms with E-state index in [-0.39, 0.29) is 23.5 Å². The molecule has 1 aliphatic heterocycles. The molecule has 7 heteroatoms. The van der Waals surface area contributed by atoms with E-state index in [4.69, 9.17) is 10.00 Å². The van der Waals surface area contributed by atoms with Gasteiger partial charge in [0.15, 0.2) is 0 Å². The number of pyridine rings is 1. The van der Waals surface area contributed by atoms with Crippen LogP contribution in [-0.4, -0.2) is 30.3 Å². The topological polar surface area (TPSA) is 49.2 Å². The quantitative estimate of drug-likeness (QED) is 0.799. The van der Waals surface area contributed by atoms with Crippen LogP contribution in [0.5, 0.6) is 0 Å². The van der Waals surface area contributed by atoms with E-state index in [9.17, 15) is 13.2 Å². The molecule has 3 rings (SSSR count). The summed E-state index contributed by atoms with van der Waals surface area (Å²) >= 11 is 0. The maximum absolute atomic E-state index is 12.9. The van der Waals surface area contributed by atoms with Gasteiger partial charge in [-0.1, -0.05) is 0 Å². The lowest BCUT2D eigenvalue weighted by molar-refractivity contribution is -0.141. The average Bonchev–Trinajstić information content (AvgIpc) is 2.94. The highest BCUT2D eigenvalue weighted by Gasteiger charge is 2.39. The summed E-state index contributed by atoms with van der Waals surface area (Å²) in [6, 6.07) is 4.01. The van der Waals surface area contributed by atoms with Crippen molar-refractivity contribution in [3.63, 3.8) is 0 Å². The molecule has 1 saturated carbocycles. The Labute approximate surface area is 120 Å². The van der Waals surface area contributed by atoms with Crippen molar-refractivity contribution < 1.29 is 17.9 Å². The Balaban J connectivity index is 2.01. The molecule has 2 atom stereocenters. The molecular weight excluding hydrogens is 283 g/mol. The van der Waals surface area contributed by atoms with Crippen molar-refractivity contribution in [2.24, 2.45) is 0 Å². The molecule has 0 spiro atoms. The van der Waals surface area contributed by atoms with Crippen molar-refractivity contribution in [3.8, 4) is 6.07 Å². The summed E-state index contributed by atoms with van der Waals surface area (Å²) in [6.07, 6.45) is -1.74. The first kappa shape index (κ1) is 14.1. The third-order valence-electron chi connectivity index (χ3n) is 4.04. The number of aromatic nitrogens is 1. The second-order valence-electron chi connectivity index (χ2n) is 5.28. The standard InChI is InChI=1S/C14H14F3N3O/c15-14(16,17)12-5-4-9(8-18)13(19-12)20-6-7-21-11-3-1-2-10(11)20/h4-5,10-11H,1-3,6-7H2. The zero-order chi connectivity index (χ0) is 15.0. The van der Waals surface area contributed by atoms with E-state index in [1.165, 1.54) is 6.07 Å². The Bertz CT molecular complexity index is 582. The minimum atomic E-state index is -4.51. The molecule has 1 aromatic heterocycles. The fourth-order valence-corrected chi connectivity index (χ4v) is 3.10. The lowest BCUT2D eigenvalue weighted by Gasteiger charge is -2.39. The second kappa shape index (κ2) is 5.19. The zero-order valence-corrected chi connectivity index (χ0v) is 11.2. The van der Waals surface area contributed by atoms with Crippen LogP contribution in [0, 0.1) is 11.3 Å². The Kier molecular flexibility index (Phi) is 3.49. The monoisotopic (exact) mass is 297 g/mol. The summed E-state index contributed by atoms with van der Waals surface area (Å²) in [5, 5.41) is 9.15. The van der Waals surface area contributed by atoms with Crippen molar-refractivity contribution in [1.29, 1.82) is 5.26 Å². The number of anilines is 1. The first-order valence-corrected chi connectivity index (χ1v) is 6.87. The van der Waals surface area contributed by atoms with Gasteiger partial charge in [0.05, 0.1) is 24.3 Å². The highest BCUT2D eigenvalue weighted by Crippen LogP contribution is 2.35. The van der Waals surface area contributed by atoms with Gasteiger partial charge in [-0.05, 0) is 31.4 Å². The minimum absolute atomic E-state index is 0.0156. The molecule has 1 aromatic rings. The van der Waals surface area contributed by atoms with E-state index in [2.05, 4.69) is 4.98 Å². The molecule has 0 N–H and O–H groups in total. The Morgan fingerprint density at radius 2 is 2.14 bits per heavy atom. The normalized spacial score (nSPS) is 25.5. The summed E-state index contributed by atoms with van der Waals surface area (Å²) in [4.78, 5) is 5.54. The van der Waals surface area contributed by atoms with Crippen LogP contribution in [0.1, 0.15) is 30.5 Å². The number of rotatable bonds is 1. The maximum Gasteiger partial charge on any atom is 0.433 e. The number of hydrogen-bond donors (Lipinski definition) is 0.